The zero-order valence-electron chi connectivity index (χ0n) is 13.1. The number of nitrogens with one attached hydrogen (secondary N) is 1. The van der Waals surface area contributed by atoms with Gasteiger partial charge < -0.3 is 14.8 Å². The number of furan rings is 1. The summed E-state index contributed by atoms with van der Waals surface area (Å²) in [6.45, 7) is 6.41. The second kappa shape index (κ2) is 5.82. The van der Waals surface area contributed by atoms with E-state index in [2.05, 4.69) is 44.3 Å². The molecule has 0 radical (unpaired) electrons. The minimum absolute atomic E-state index is 0.101. The molecule has 1 fully saturated rings. The molecule has 0 saturated heterocycles. The second-order valence-corrected chi connectivity index (χ2v) is 6.52. The average Bonchev–Trinajstić information content (AvgIpc) is 2.85. The fourth-order valence-electron chi connectivity index (χ4n) is 3.21. The lowest BCUT2D eigenvalue weighted by atomic mass is 9.92. The molecule has 0 amide bonds. The van der Waals surface area contributed by atoms with E-state index in [0.29, 0.717) is 6.04 Å². The molecule has 0 aliphatic heterocycles. The molecule has 1 heterocycles. The highest BCUT2D eigenvalue weighted by atomic mass is 16.3. The van der Waals surface area contributed by atoms with Crippen LogP contribution in [-0.2, 0) is 0 Å². The molecule has 2 aromatic rings. The third-order valence-corrected chi connectivity index (χ3v) is 4.76. The van der Waals surface area contributed by atoms with E-state index in [9.17, 15) is 5.11 Å². The van der Waals surface area contributed by atoms with Gasteiger partial charge in [-0.15, -0.1) is 0 Å². The van der Waals surface area contributed by atoms with Gasteiger partial charge in [-0.25, -0.2) is 0 Å². The zero-order chi connectivity index (χ0) is 15.0. The number of hydrogen-bond acceptors (Lipinski definition) is 3. The SMILES string of the molecule is Cc1cc2cc(C(C)NC3CCC(O)CC3)oc2cc1C. The maximum Gasteiger partial charge on any atom is 0.134 e. The fourth-order valence-corrected chi connectivity index (χ4v) is 3.21. The molecule has 3 rings (SSSR count). The molecule has 1 unspecified atom stereocenters. The van der Waals surface area contributed by atoms with Gasteiger partial charge in [-0.05, 0) is 75.8 Å². The molecule has 21 heavy (non-hydrogen) atoms. The first kappa shape index (κ1) is 14.6. The highest BCUT2D eigenvalue weighted by Crippen LogP contribution is 2.28. The Bertz CT molecular complexity index is 584. The largest absolute Gasteiger partial charge is 0.459 e. The molecule has 3 heteroatoms. The summed E-state index contributed by atoms with van der Waals surface area (Å²) in [6, 6.07) is 7.16. The highest BCUT2D eigenvalue weighted by molar-refractivity contribution is 5.79. The first-order valence-electron chi connectivity index (χ1n) is 7.97. The topological polar surface area (TPSA) is 45.4 Å². The molecule has 0 bridgehead atoms. The minimum atomic E-state index is -0.101. The van der Waals surface area contributed by atoms with E-state index < -0.39 is 0 Å². The van der Waals surface area contributed by atoms with Crippen LogP contribution in [0.2, 0.25) is 0 Å². The number of rotatable bonds is 3. The van der Waals surface area contributed by atoms with Crippen LogP contribution in [-0.4, -0.2) is 17.3 Å². The summed E-state index contributed by atoms with van der Waals surface area (Å²) in [5, 5.41) is 14.4. The van der Waals surface area contributed by atoms with E-state index in [0.717, 1.165) is 37.0 Å². The average molecular weight is 287 g/mol. The van der Waals surface area contributed by atoms with E-state index in [-0.39, 0.29) is 12.1 Å². The summed E-state index contributed by atoms with van der Waals surface area (Å²) in [4.78, 5) is 0. The molecule has 1 aliphatic rings. The van der Waals surface area contributed by atoms with Crippen molar-refractivity contribution in [3.8, 4) is 0 Å². The summed E-state index contributed by atoms with van der Waals surface area (Å²) in [7, 11) is 0. The van der Waals surface area contributed by atoms with Crippen molar-refractivity contribution >= 4 is 11.0 Å². The molecular weight excluding hydrogens is 262 g/mol. The number of aryl methyl sites for hydroxylation is 2. The Kier molecular flexibility index (Phi) is 4.05. The van der Waals surface area contributed by atoms with Crippen molar-refractivity contribution in [1.82, 2.24) is 5.32 Å². The van der Waals surface area contributed by atoms with Crippen molar-refractivity contribution in [2.45, 2.75) is 64.6 Å². The van der Waals surface area contributed by atoms with Gasteiger partial charge in [0.15, 0.2) is 0 Å². The molecule has 1 aliphatic carbocycles. The Hall–Kier alpha value is -1.32. The van der Waals surface area contributed by atoms with Crippen molar-refractivity contribution in [2.24, 2.45) is 0 Å². The predicted molar refractivity (Wildman–Crippen MR) is 85.5 cm³/mol. The van der Waals surface area contributed by atoms with Crippen LogP contribution in [0.25, 0.3) is 11.0 Å². The number of aliphatic hydroxyl groups is 1. The summed E-state index contributed by atoms with van der Waals surface area (Å²) in [6.07, 6.45) is 3.80. The van der Waals surface area contributed by atoms with Crippen LogP contribution >= 0.6 is 0 Å². The smallest absolute Gasteiger partial charge is 0.134 e. The van der Waals surface area contributed by atoms with E-state index in [1.165, 1.54) is 16.5 Å². The van der Waals surface area contributed by atoms with E-state index in [1.807, 2.05) is 0 Å². The van der Waals surface area contributed by atoms with Crippen molar-refractivity contribution in [3.05, 3.63) is 35.1 Å². The standard InChI is InChI=1S/C18H25NO2/c1-11-8-14-10-17(21-18(14)9-12(11)2)13(3)19-15-4-6-16(20)7-5-15/h8-10,13,15-16,19-20H,4-7H2,1-3H3. The van der Waals surface area contributed by atoms with Gasteiger partial charge in [0.2, 0.25) is 0 Å². The third kappa shape index (κ3) is 3.14. The monoisotopic (exact) mass is 287 g/mol. The molecule has 1 atom stereocenters. The van der Waals surface area contributed by atoms with Gasteiger partial charge in [-0.2, -0.15) is 0 Å². The summed E-state index contributed by atoms with van der Waals surface area (Å²) >= 11 is 0. The van der Waals surface area contributed by atoms with Gasteiger partial charge >= 0.3 is 0 Å². The first-order chi connectivity index (χ1) is 10.0. The Morgan fingerprint density at radius 1 is 1.10 bits per heavy atom. The number of benzene rings is 1. The van der Waals surface area contributed by atoms with Crippen LogP contribution in [0.4, 0.5) is 0 Å². The predicted octanol–water partition coefficient (Wildman–Crippen LogP) is 4.00. The van der Waals surface area contributed by atoms with Crippen molar-refractivity contribution in [3.63, 3.8) is 0 Å². The Balaban J connectivity index is 1.74. The lowest BCUT2D eigenvalue weighted by Gasteiger charge is -2.28. The van der Waals surface area contributed by atoms with Crippen molar-refractivity contribution < 1.29 is 9.52 Å². The molecule has 1 aromatic carbocycles. The van der Waals surface area contributed by atoms with Gasteiger partial charge in [0.25, 0.3) is 0 Å². The van der Waals surface area contributed by atoms with Crippen LogP contribution in [0, 0.1) is 13.8 Å². The van der Waals surface area contributed by atoms with Crippen LogP contribution in [0.3, 0.4) is 0 Å². The van der Waals surface area contributed by atoms with E-state index >= 15 is 0 Å². The molecule has 1 aromatic heterocycles. The van der Waals surface area contributed by atoms with Crippen LogP contribution in [0.1, 0.15) is 55.5 Å². The number of aliphatic hydroxyl groups excluding tert-OH is 1. The third-order valence-electron chi connectivity index (χ3n) is 4.76. The van der Waals surface area contributed by atoms with Gasteiger partial charge in [-0.3, -0.25) is 0 Å². The van der Waals surface area contributed by atoms with E-state index in [1.54, 1.807) is 0 Å². The van der Waals surface area contributed by atoms with Crippen LogP contribution in [0.15, 0.2) is 22.6 Å². The van der Waals surface area contributed by atoms with Gasteiger partial charge in [-0.1, -0.05) is 0 Å². The first-order valence-corrected chi connectivity index (χ1v) is 7.97. The Labute approximate surface area is 126 Å². The van der Waals surface area contributed by atoms with Crippen molar-refractivity contribution in [1.29, 1.82) is 0 Å². The maximum atomic E-state index is 9.58. The quantitative estimate of drug-likeness (QED) is 0.896. The lowest BCUT2D eigenvalue weighted by Crippen LogP contribution is -2.36. The normalized spacial score (nSPS) is 24.4. The Morgan fingerprint density at radius 2 is 1.76 bits per heavy atom. The van der Waals surface area contributed by atoms with Crippen LogP contribution in [0.5, 0.6) is 0 Å². The van der Waals surface area contributed by atoms with Gasteiger partial charge in [0.05, 0.1) is 12.1 Å². The van der Waals surface area contributed by atoms with Crippen LogP contribution < -0.4 is 5.32 Å². The van der Waals surface area contributed by atoms with E-state index in [4.69, 9.17) is 4.42 Å². The Morgan fingerprint density at radius 3 is 2.48 bits per heavy atom. The maximum absolute atomic E-state index is 9.58. The molecule has 3 nitrogen and oxygen atoms in total. The molecule has 0 spiro atoms. The van der Waals surface area contributed by atoms with Gasteiger partial charge in [0, 0.05) is 11.4 Å². The van der Waals surface area contributed by atoms with Crippen molar-refractivity contribution in [2.75, 3.05) is 0 Å². The molecule has 2 N–H and O–H groups in total. The summed E-state index contributed by atoms with van der Waals surface area (Å²) < 4.78 is 6.02. The van der Waals surface area contributed by atoms with Gasteiger partial charge in [0.1, 0.15) is 11.3 Å². The highest BCUT2D eigenvalue weighted by Gasteiger charge is 2.22. The minimum Gasteiger partial charge on any atom is -0.459 e. The zero-order valence-corrected chi connectivity index (χ0v) is 13.1. The number of hydrogen-bond donors (Lipinski definition) is 2. The second-order valence-electron chi connectivity index (χ2n) is 6.52. The molecule has 114 valence electrons. The molecule has 1 saturated carbocycles. The molecular formula is C18H25NO2. The fraction of sp³-hybridized carbons (Fsp3) is 0.556. The summed E-state index contributed by atoms with van der Waals surface area (Å²) in [5.41, 5.74) is 3.54. The summed E-state index contributed by atoms with van der Waals surface area (Å²) in [5.74, 6) is 1.00. The number of fused-ring (bicyclic) bond motifs is 1. The lowest BCUT2D eigenvalue weighted by molar-refractivity contribution is 0.114.